The predicted octanol–water partition coefficient (Wildman–Crippen LogP) is 2.64. The van der Waals surface area contributed by atoms with Crippen LogP contribution in [0.1, 0.15) is 59.8 Å². The van der Waals surface area contributed by atoms with Gasteiger partial charge in [-0.15, -0.1) is 0 Å². The first kappa shape index (κ1) is 13.5. The molecule has 1 aliphatic heterocycles. The molecule has 2 atom stereocenters. The molecular formula is C13H25NO2. The van der Waals surface area contributed by atoms with Gasteiger partial charge in [-0.1, -0.05) is 19.8 Å². The Hall–Kier alpha value is -0.570. The van der Waals surface area contributed by atoms with Gasteiger partial charge in [-0.05, 0) is 40.0 Å². The second-order valence-electron chi connectivity index (χ2n) is 5.67. The number of nitrogens with one attached hydrogen (secondary N) is 1. The Kier molecular flexibility index (Phi) is 4.78. The molecule has 0 unspecified atom stereocenters. The van der Waals surface area contributed by atoms with Crippen LogP contribution in [0.25, 0.3) is 0 Å². The Bertz CT molecular complexity index is 233. The van der Waals surface area contributed by atoms with Gasteiger partial charge < -0.3 is 10.1 Å². The lowest BCUT2D eigenvalue weighted by molar-refractivity contribution is -0.157. The highest BCUT2D eigenvalue weighted by Gasteiger charge is 2.31. The first-order valence-electron chi connectivity index (χ1n) is 6.41. The molecule has 3 heteroatoms. The van der Waals surface area contributed by atoms with Crippen LogP contribution in [-0.2, 0) is 9.53 Å². The van der Waals surface area contributed by atoms with Crippen LogP contribution >= 0.6 is 0 Å². The van der Waals surface area contributed by atoms with E-state index in [2.05, 4.69) is 12.2 Å². The molecule has 1 heterocycles. The zero-order valence-electron chi connectivity index (χ0n) is 11.0. The number of rotatable bonds is 4. The monoisotopic (exact) mass is 227 g/mol. The molecule has 1 N–H and O–H groups in total. The van der Waals surface area contributed by atoms with Crippen molar-refractivity contribution in [2.75, 3.05) is 0 Å². The largest absolute Gasteiger partial charge is 0.459 e. The molecule has 0 aromatic heterocycles. The third-order valence-corrected chi connectivity index (χ3v) is 2.84. The van der Waals surface area contributed by atoms with Gasteiger partial charge in [-0.2, -0.15) is 0 Å². The van der Waals surface area contributed by atoms with Crippen LogP contribution in [0.4, 0.5) is 0 Å². The second kappa shape index (κ2) is 5.67. The highest BCUT2D eigenvalue weighted by molar-refractivity contribution is 5.76. The third-order valence-electron chi connectivity index (χ3n) is 2.84. The van der Waals surface area contributed by atoms with Crippen molar-refractivity contribution in [1.82, 2.24) is 5.32 Å². The number of hydrogen-bond donors (Lipinski definition) is 1. The number of unbranched alkanes of at least 4 members (excludes halogenated alkanes) is 1. The summed E-state index contributed by atoms with van der Waals surface area (Å²) in [5.74, 6) is -0.0912. The average Bonchev–Trinajstić information content (AvgIpc) is 2.60. The number of carbonyl (C=O) groups excluding carboxylic acids is 1. The van der Waals surface area contributed by atoms with E-state index in [9.17, 15) is 4.79 Å². The minimum atomic E-state index is -0.375. The van der Waals surface area contributed by atoms with Crippen molar-refractivity contribution >= 4 is 5.97 Å². The summed E-state index contributed by atoms with van der Waals surface area (Å²) in [6, 6.07) is 0.429. The summed E-state index contributed by atoms with van der Waals surface area (Å²) in [4.78, 5) is 11.8. The normalized spacial score (nSPS) is 25.8. The quantitative estimate of drug-likeness (QED) is 0.750. The Labute approximate surface area is 98.9 Å². The van der Waals surface area contributed by atoms with Crippen molar-refractivity contribution in [3.05, 3.63) is 0 Å². The molecule has 1 fully saturated rings. The van der Waals surface area contributed by atoms with Crippen molar-refractivity contribution in [2.45, 2.75) is 77.5 Å². The zero-order chi connectivity index (χ0) is 12.2. The van der Waals surface area contributed by atoms with Crippen LogP contribution in [0, 0.1) is 0 Å². The van der Waals surface area contributed by atoms with E-state index in [4.69, 9.17) is 4.74 Å². The molecule has 0 aromatic rings. The highest BCUT2D eigenvalue weighted by Crippen LogP contribution is 2.19. The van der Waals surface area contributed by atoms with E-state index in [0.717, 1.165) is 12.8 Å². The van der Waals surface area contributed by atoms with Crippen molar-refractivity contribution in [1.29, 1.82) is 0 Å². The SMILES string of the molecule is CCCC[C@H]1CC[C@@H](C(=O)OC(C)(C)C)N1. The van der Waals surface area contributed by atoms with Crippen molar-refractivity contribution in [3.63, 3.8) is 0 Å². The molecule has 0 aromatic carbocycles. The summed E-state index contributed by atoms with van der Waals surface area (Å²) in [6.45, 7) is 7.93. The minimum absolute atomic E-state index is 0.0823. The van der Waals surface area contributed by atoms with Gasteiger partial charge in [0, 0.05) is 6.04 Å². The van der Waals surface area contributed by atoms with Crippen LogP contribution in [0.15, 0.2) is 0 Å². The maximum Gasteiger partial charge on any atom is 0.323 e. The molecule has 94 valence electrons. The zero-order valence-corrected chi connectivity index (χ0v) is 11.0. The van der Waals surface area contributed by atoms with Gasteiger partial charge in [0.15, 0.2) is 0 Å². The molecule has 0 spiro atoms. The summed E-state index contributed by atoms with van der Waals surface area (Å²) in [7, 11) is 0. The van der Waals surface area contributed by atoms with Crippen molar-refractivity contribution < 1.29 is 9.53 Å². The van der Waals surface area contributed by atoms with Gasteiger partial charge in [-0.3, -0.25) is 4.79 Å². The summed E-state index contributed by atoms with van der Waals surface area (Å²) >= 11 is 0. The lowest BCUT2D eigenvalue weighted by Crippen LogP contribution is -2.39. The lowest BCUT2D eigenvalue weighted by atomic mass is 10.1. The minimum Gasteiger partial charge on any atom is -0.459 e. The van der Waals surface area contributed by atoms with Crippen LogP contribution in [0.5, 0.6) is 0 Å². The molecule has 0 aliphatic carbocycles. The summed E-state index contributed by atoms with van der Waals surface area (Å²) in [5.41, 5.74) is -0.375. The number of ether oxygens (including phenoxy) is 1. The summed E-state index contributed by atoms with van der Waals surface area (Å²) in [5, 5.41) is 3.37. The maximum atomic E-state index is 11.8. The van der Waals surface area contributed by atoms with E-state index >= 15 is 0 Å². The first-order chi connectivity index (χ1) is 7.42. The van der Waals surface area contributed by atoms with Crippen LogP contribution in [0.3, 0.4) is 0 Å². The molecule has 3 nitrogen and oxygen atoms in total. The standard InChI is InChI=1S/C13H25NO2/c1-5-6-7-10-8-9-11(14-10)12(15)16-13(2,3)4/h10-11,14H,5-9H2,1-4H3/t10-,11-/m0/s1. The molecule has 1 rings (SSSR count). The number of esters is 1. The van der Waals surface area contributed by atoms with Gasteiger partial charge in [-0.25, -0.2) is 0 Å². The molecule has 16 heavy (non-hydrogen) atoms. The van der Waals surface area contributed by atoms with E-state index in [1.807, 2.05) is 20.8 Å². The maximum absolute atomic E-state index is 11.8. The molecule has 1 aliphatic rings. The fourth-order valence-electron chi connectivity index (χ4n) is 2.06. The lowest BCUT2D eigenvalue weighted by Gasteiger charge is -2.22. The second-order valence-corrected chi connectivity index (χ2v) is 5.67. The molecule has 0 radical (unpaired) electrons. The predicted molar refractivity (Wildman–Crippen MR) is 65.3 cm³/mol. The number of carbonyl (C=O) groups is 1. The fraction of sp³-hybridized carbons (Fsp3) is 0.923. The molecular weight excluding hydrogens is 202 g/mol. The first-order valence-corrected chi connectivity index (χ1v) is 6.41. The van der Waals surface area contributed by atoms with E-state index in [1.165, 1.54) is 19.3 Å². The summed E-state index contributed by atoms with van der Waals surface area (Å²) in [6.07, 6.45) is 5.65. The van der Waals surface area contributed by atoms with Crippen molar-refractivity contribution in [2.24, 2.45) is 0 Å². The molecule has 0 bridgehead atoms. The van der Waals surface area contributed by atoms with Gasteiger partial charge in [0.25, 0.3) is 0 Å². The highest BCUT2D eigenvalue weighted by atomic mass is 16.6. The van der Waals surface area contributed by atoms with Crippen LogP contribution < -0.4 is 5.32 Å². The molecule has 0 saturated carbocycles. The Morgan fingerprint density at radius 2 is 2.06 bits per heavy atom. The van der Waals surface area contributed by atoms with Gasteiger partial charge >= 0.3 is 5.97 Å². The van der Waals surface area contributed by atoms with E-state index in [0.29, 0.717) is 6.04 Å². The molecule has 0 amide bonds. The topological polar surface area (TPSA) is 38.3 Å². The van der Waals surface area contributed by atoms with Gasteiger partial charge in [0.2, 0.25) is 0 Å². The Morgan fingerprint density at radius 1 is 1.38 bits per heavy atom. The Morgan fingerprint density at radius 3 is 2.62 bits per heavy atom. The van der Waals surface area contributed by atoms with Gasteiger partial charge in [0.1, 0.15) is 11.6 Å². The third kappa shape index (κ3) is 4.52. The fourth-order valence-corrected chi connectivity index (χ4v) is 2.06. The average molecular weight is 227 g/mol. The van der Waals surface area contributed by atoms with E-state index in [-0.39, 0.29) is 17.6 Å². The van der Waals surface area contributed by atoms with Crippen LogP contribution in [-0.4, -0.2) is 23.7 Å². The van der Waals surface area contributed by atoms with Crippen LogP contribution in [0.2, 0.25) is 0 Å². The van der Waals surface area contributed by atoms with Gasteiger partial charge in [0.05, 0.1) is 0 Å². The van der Waals surface area contributed by atoms with E-state index < -0.39 is 0 Å². The Balaban J connectivity index is 2.32. The molecule has 1 saturated heterocycles. The van der Waals surface area contributed by atoms with E-state index in [1.54, 1.807) is 0 Å². The number of hydrogen-bond acceptors (Lipinski definition) is 3. The summed E-state index contributed by atoms with van der Waals surface area (Å²) < 4.78 is 5.37. The smallest absolute Gasteiger partial charge is 0.323 e. The van der Waals surface area contributed by atoms with Crippen molar-refractivity contribution in [3.8, 4) is 0 Å².